The summed E-state index contributed by atoms with van der Waals surface area (Å²) in [5.74, 6) is -0.900. The van der Waals surface area contributed by atoms with Crippen molar-refractivity contribution in [1.82, 2.24) is 0 Å². The molecule has 4 rings (SSSR count). The van der Waals surface area contributed by atoms with Crippen LogP contribution in [0.1, 0.15) is 67.2 Å². The van der Waals surface area contributed by atoms with Gasteiger partial charge in [0, 0.05) is 19.8 Å². The van der Waals surface area contributed by atoms with Crippen LogP contribution < -0.4 is 0 Å². The second kappa shape index (κ2) is 7.18. The monoisotopic (exact) mass is 418 g/mol. The number of ether oxygens (including phenoxy) is 3. The molecular weight excluding hydrogens is 384 g/mol. The summed E-state index contributed by atoms with van der Waals surface area (Å²) in [4.78, 5) is 37.2. The number of fused-ring (bicyclic) bond motifs is 2. The lowest BCUT2D eigenvalue weighted by molar-refractivity contribution is -0.155. The molecule has 0 N–H and O–H groups in total. The Balaban J connectivity index is 1.81. The van der Waals surface area contributed by atoms with Crippen LogP contribution in [0.25, 0.3) is 0 Å². The second-order valence-electron chi connectivity index (χ2n) is 10.6. The van der Waals surface area contributed by atoms with Crippen molar-refractivity contribution in [2.75, 3.05) is 6.61 Å². The molecule has 0 amide bonds. The van der Waals surface area contributed by atoms with Gasteiger partial charge >= 0.3 is 11.9 Å². The zero-order chi connectivity index (χ0) is 22.0. The van der Waals surface area contributed by atoms with Gasteiger partial charge in [0.05, 0.1) is 18.6 Å². The van der Waals surface area contributed by atoms with Gasteiger partial charge in [0.1, 0.15) is 6.10 Å². The van der Waals surface area contributed by atoms with Crippen molar-refractivity contribution in [2.45, 2.75) is 85.5 Å². The van der Waals surface area contributed by atoms with Crippen LogP contribution in [0, 0.1) is 28.6 Å². The number of hydrogen-bond donors (Lipinski definition) is 0. The van der Waals surface area contributed by atoms with Gasteiger partial charge in [0.15, 0.2) is 11.9 Å². The third-order valence-electron chi connectivity index (χ3n) is 8.27. The van der Waals surface area contributed by atoms with Gasteiger partial charge in [-0.25, -0.2) is 0 Å². The lowest BCUT2D eigenvalue weighted by atomic mass is 9.66. The molecule has 1 aliphatic heterocycles. The first-order chi connectivity index (χ1) is 14.0. The van der Waals surface area contributed by atoms with Crippen molar-refractivity contribution < 1.29 is 28.6 Å². The SMILES string of the molecule is CC(=O)OC1CCC2(C)CCC3(C)C(C(=O)C(OC(C)=O)C3C(C)C)C3OCC1=C32. The van der Waals surface area contributed by atoms with E-state index in [1.165, 1.54) is 19.4 Å². The Kier molecular flexibility index (Phi) is 5.16. The minimum atomic E-state index is -0.719. The largest absolute Gasteiger partial charge is 0.458 e. The maximum absolute atomic E-state index is 13.7. The number of rotatable bonds is 3. The van der Waals surface area contributed by atoms with Gasteiger partial charge in [0.25, 0.3) is 0 Å². The topological polar surface area (TPSA) is 78.9 Å². The molecule has 3 aliphatic carbocycles. The van der Waals surface area contributed by atoms with Gasteiger partial charge in [-0.05, 0) is 53.6 Å². The fourth-order valence-electron chi connectivity index (χ4n) is 7.15. The van der Waals surface area contributed by atoms with Gasteiger partial charge < -0.3 is 14.2 Å². The molecule has 0 saturated heterocycles. The highest BCUT2D eigenvalue weighted by Crippen LogP contribution is 2.63. The summed E-state index contributed by atoms with van der Waals surface area (Å²) in [5, 5.41) is 0. The quantitative estimate of drug-likeness (QED) is 0.515. The Morgan fingerprint density at radius 1 is 1.07 bits per heavy atom. The molecule has 0 spiro atoms. The first-order valence-electron chi connectivity index (χ1n) is 11.2. The summed E-state index contributed by atoms with van der Waals surface area (Å²) in [5.41, 5.74) is 1.86. The second-order valence-corrected chi connectivity index (χ2v) is 10.6. The number of Topliss-reactive ketones (excluding diaryl/α,β-unsaturated/α-hetero) is 1. The molecule has 0 bridgehead atoms. The van der Waals surface area contributed by atoms with Gasteiger partial charge in [-0.1, -0.05) is 27.7 Å². The maximum Gasteiger partial charge on any atom is 0.303 e. The number of carbonyl (C=O) groups is 3. The van der Waals surface area contributed by atoms with Crippen LogP contribution in [-0.2, 0) is 28.6 Å². The normalized spacial score (nSPS) is 42.6. The lowest BCUT2D eigenvalue weighted by Crippen LogP contribution is -2.40. The van der Waals surface area contributed by atoms with Gasteiger partial charge in [-0.2, -0.15) is 0 Å². The van der Waals surface area contributed by atoms with E-state index in [0.717, 1.165) is 31.3 Å². The molecule has 166 valence electrons. The van der Waals surface area contributed by atoms with E-state index < -0.39 is 12.1 Å². The maximum atomic E-state index is 13.7. The lowest BCUT2D eigenvalue weighted by Gasteiger charge is -2.40. The van der Waals surface area contributed by atoms with E-state index in [4.69, 9.17) is 14.2 Å². The van der Waals surface area contributed by atoms with E-state index in [-0.39, 0.29) is 52.5 Å². The Hall–Kier alpha value is -1.69. The van der Waals surface area contributed by atoms with Crippen molar-refractivity contribution in [1.29, 1.82) is 0 Å². The van der Waals surface area contributed by atoms with E-state index in [1.54, 1.807) is 0 Å². The molecule has 6 nitrogen and oxygen atoms in total. The van der Waals surface area contributed by atoms with Crippen LogP contribution >= 0.6 is 0 Å². The fourth-order valence-corrected chi connectivity index (χ4v) is 7.15. The summed E-state index contributed by atoms with van der Waals surface area (Å²) in [6.45, 7) is 11.9. The van der Waals surface area contributed by atoms with E-state index in [9.17, 15) is 14.4 Å². The fraction of sp³-hybridized carbons (Fsp3) is 0.792. The van der Waals surface area contributed by atoms with Crippen molar-refractivity contribution in [3.8, 4) is 0 Å². The number of ketones is 1. The molecule has 1 heterocycles. The highest BCUT2D eigenvalue weighted by molar-refractivity contribution is 5.92. The summed E-state index contributed by atoms with van der Waals surface area (Å²) in [6, 6.07) is 0. The molecule has 30 heavy (non-hydrogen) atoms. The molecule has 0 aromatic heterocycles. The zero-order valence-electron chi connectivity index (χ0n) is 18.9. The van der Waals surface area contributed by atoms with E-state index in [1.807, 2.05) is 0 Å². The summed E-state index contributed by atoms with van der Waals surface area (Å²) < 4.78 is 17.6. The van der Waals surface area contributed by atoms with Gasteiger partial charge in [-0.3, -0.25) is 14.4 Å². The average Bonchev–Trinajstić information content (AvgIpc) is 3.12. The number of esters is 2. The Bertz CT molecular complexity index is 813. The Morgan fingerprint density at radius 2 is 1.73 bits per heavy atom. The van der Waals surface area contributed by atoms with Crippen LogP contribution in [-0.4, -0.2) is 42.6 Å². The molecule has 2 saturated carbocycles. The molecular formula is C24H34O6. The van der Waals surface area contributed by atoms with Crippen LogP contribution in [0.2, 0.25) is 0 Å². The third-order valence-corrected chi connectivity index (χ3v) is 8.27. The molecule has 7 unspecified atom stereocenters. The summed E-state index contributed by atoms with van der Waals surface area (Å²) in [6.07, 6.45) is 2.24. The zero-order valence-corrected chi connectivity index (χ0v) is 18.9. The molecule has 2 fully saturated rings. The first-order valence-corrected chi connectivity index (χ1v) is 11.2. The molecule has 0 radical (unpaired) electrons. The highest BCUT2D eigenvalue weighted by Gasteiger charge is 2.66. The van der Waals surface area contributed by atoms with Crippen LogP contribution in [0.4, 0.5) is 0 Å². The van der Waals surface area contributed by atoms with Gasteiger partial charge in [-0.15, -0.1) is 0 Å². The highest BCUT2D eigenvalue weighted by atomic mass is 16.6. The molecule has 6 heteroatoms. The van der Waals surface area contributed by atoms with E-state index >= 15 is 0 Å². The van der Waals surface area contributed by atoms with E-state index in [2.05, 4.69) is 27.7 Å². The molecule has 7 atom stereocenters. The average molecular weight is 419 g/mol. The standard InChI is InChI=1S/C24H34O6/c1-12(2)17-22(30-14(4)26)20(27)19-21-18-15(11-28-21)16(29-13(3)25)7-8-23(18,5)9-10-24(17,19)6/h12,16-17,19,21-22H,7-11H2,1-6H3. The van der Waals surface area contributed by atoms with Gasteiger partial charge in [0.2, 0.25) is 0 Å². The molecule has 4 aliphatic rings. The van der Waals surface area contributed by atoms with Crippen molar-refractivity contribution in [3.05, 3.63) is 11.1 Å². The minimum absolute atomic E-state index is 0.0102. The summed E-state index contributed by atoms with van der Waals surface area (Å²) >= 11 is 0. The number of carbonyl (C=O) groups excluding carboxylic acids is 3. The number of hydrogen-bond acceptors (Lipinski definition) is 6. The third kappa shape index (κ3) is 3.05. The van der Waals surface area contributed by atoms with Crippen LogP contribution in [0.15, 0.2) is 11.1 Å². The Labute approximate surface area is 178 Å². The Morgan fingerprint density at radius 3 is 2.33 bits per heavy atom. The van der Waals surface area contributed by atoms with E-state index in [0.29, 0.717) is 6.61 Å². The van der Waals surface area contributed by atoms with Crippen molar-refractivity contribution in [2.24, 2.45) is 28.6 Å². The van der Waals surface area contributed by atoms with Crippen LogP contribution in [0.3, 0.4) is 0 Å². The predicted molar refractivity (Wildman–Crippen MR) is 109 cm³/mol. The van der Waals surface area contributed by atoms with Crippen molar-refractivity contribution in [3.63, 3.8) is 0 Å². The smallest absolute Gasteiger partial charge is 0.303 e. The minimum Gasteiger partial charge on any atom is -0.458 e. The summed E-state index contributed by atoms with van der Waals surface area (Å²) in [7, 11) is 0. The molecule has 0 aromatic rings. The first kappa shape index (κ1) is 21.5. The predicted octanol–water partition coefficient (Wildman–Crippen LogP) is 3.62. The molecule has 0 aromatic carbocycles. The van der Waals surface area contributed by atoms with Crippen LogP contribution in [0.5, 0.6) is 0 Å². The van der Waals surface area contributed by atoms with Crippen molar-refractivity contribution >= 4 is 17.7 Å².